The zero-order chi connectivity index (χ0) is 16.9. The fourth-order valence-corrected chi connectivity index (χ4v) is 3.17. The number of rotatable bonds is 5. The lowest BCUT2D eigenvalue weighted by molar-refractivity contribution is 0.788. The summed E-state index contributed by atoms with van der Waals surface area (Å²) in [6, 6.07) is 31.7. The minimum Gasteiger partial charge on any atom is -0.347 e. The van der Waals surface area contributed by atoms with Gasteiger partial charge in [0.25, 0.3) is 0 Å². The van der Waals surface area contributed by atoms with Crippen molar-refractivity contribution in [1.82, 2.24) is 4.98 Å². The zero-order valence-corrected chi connectivity index (χ0v) is 14.0. The number of aromatic nitrogens is 1. The van der Waals surface area contributed by atoms with Gasteiger partial charge in [0.05, 0.1) is 0 Å². The minimum absolute atomic E-state index is 0.830. The summed E-state index contributed by atoms with van der Waals surface area (Å²) in [5, 5.41) is 2.41. The highest BCUT2D eigenvalue weighted by atomic mass is 15.2. The van der Waals surface area contributed by atoms with E-state index in [9.17, 15) is 0 Å². The molecule has 0 aliphatic carbocycles. The van der Waals surface area contributed by atoms with Gasteiger partial charge >= 0.3 is 0 Å². The molecular weight excluding hydrogens is 304 g/mol. The van der Waals surface area contributed by atoms with E-state index in [4.69, 9.17) is 4.98 Å². The molecule has 3 aromatic carbocycles. The Morgan fingerprint density at radius 2 is 1.16 bits per heavy atom. The topological polar surface area (TPSA) is 16.1 Å². The van der Waals surface area contributed by atoms with Crippen molar-refractivity contribution in [2.45, 2.75) is 13.1 Å². The van der Waals surface area contributed by atoms with Crippen molar-refractivity contribution in [3.05, 3.63) is 108 Å². The summed E-state index contributed by atoms with van der Waals surface area (Å²) < 4.78 is 0. The summed E-state index contributed by atoms with van der Waals surface area (Å²) in [7, 11) is 0. The first-order valence-corrected chi connectivity index (χ1v) is 8.57. The summed E-state index contributed by atoms with van der Waals surface area (Å²) in [6.07, 6.45) is 1.90. The summed E-state index contributed by atoms with van der Waals surface area (Å²) in [6.45, 7) is 1.66. The van der Waals surface area contributed by atoms with Crippen LogP contribution in [0, 0.1) is 0 Å². The molecule has 0 saturated heterocycles. The maximum atomic E-state index is 4.73. The average molecular weight is 324 g/mol. The molecule has 0 saturated carbocycles. The van der Waals surface area contributed by atoms with Crippen molar-refractivity contribution in [3.8, 4) is 0 Å². The Bertz CT molecular complexity index is 902. The Balaban J connectivity index is 1.76. The van der Waals surface area contributed by atoms with Crippen molar-refractivity contribution >= 4 is 16.6 Å². The number of pyridine rings is 1. The molecule has 1 heterocycles. The summed E-state index contributed by atoms with van der Waals surface area (Å²) in [5.74, 6) is 1.03. The van der Waals surface area contributed by atoms with E-state index in [1.54, 1.807) is 0 Å². The summed E-state index contributed by atoms with van der Waals surface area (Å²) in [5.41, 5.74) is 2.57. The van der Waals surface area contributed by atoms with Crippen LogP contribution in [-0.4, -0.2) is 4.98 Å². The van der Waals surface area contributed by atoms with Crippen molar-refractivity contribution in [3.63, 3.8) is 0 Å². The van der Waals surface area contributed by atoms with Crippen molar-refractivity contribution in [2.75, 3.05) is 4.90 Å². The molecule has 4 aromatic rings. The molecule has 0 unspecified atom stereocenters. The molecule has 1 aromatic heterocycles. The monoisotopic (exact) mass is 324 g/mol. The Labute approximate surface area is 148 Å². The van der Waals surface area contributed by atoms with E-state index < -0.39 is 0 Å². The largest absolute Gasteiger partial charge is 0.347 e. The third kappa shape index (κ3) is 3.53. The van der Waals surface area contributed by atoms with Crippen LogP contribution in [0.25, 0.3) is 10.8 Å². The number of nitrogens with zero attached hydrogens (tertiary/aromatic N) is 2. The Morgan fingerprint density at radius 1 is 0.600 bits per heavy atom. The van der Waals surface area contributed by atoms with Gasteiger partial charge in [-0.15, -0.1) is 0 Å². The standard InChI is InChI=1S/C23H20N2/c1-3-9-19(10-4-1)17-25(18-20-11-5-2-6-12-20)23-22-14-8-7-13-21(22)15-16-24-23/h1-16H,17-18H2. The van der Waals surface area contributed by atoms with Crippen LogP contribution in [0.3, 0.4) is 0 Å². The molecule has 0 fully saturated rings. The molecule has 25 heavy (non-hydrogen) atoms. The molecule has 0 N–H and O–H groups in total. The number of hydrogen-bond acceptors (Lipinski definition) is 2. The molecule has 0 atom stereocenters. The summed E-state index contributed by atoms with van der Waals surface area (Å²) in [4.78, 5) is 7.08. The van der Waals surface area contributed by atoms with Gasteiger partial charge in [-0.05, 0) is 22.6 Å². The second-order valence-electron chi connectivity index (χ2n) is 6.18. The van der Waals surface area contributed by atoms with Gasteiger partial charge in [0, 0.05) is 24.7 Å². The molecule has 0 spiro atoms. The van der Waals surface area contributed by atoms with E-state index in [1.807, 2.05) is 6.20 Å². The molecule has 0 aliphatic heterocycles. The van der Waals surface area contributed by atoms with E-state index in [1.165, 1.54) is 21.9 Å². The van der Waals surface area contributed by atoms with E-state index in [-0.39, 0.29) is 0 Å². The number of hydrogen-bond donors (Lipinski definition) is 0. The van der Waals surface area contributed by atoms with Crippen LogP contribution in [0.5, 0.6) is 0 Å². The lowest BCUT2D eigenvalue weighted by Gasteiger charge is -2.25. The molecule has 2 nitrogen and oxygen atoms in total. The molecule has 0 aliphatic rings. The van der Waals surface area contributed by atoms with Gasteiger partial charge in [-0.3, -0.25) is 0 Å². The first-order valence-electron chi connectivity index (χ1n) is 8.57. The fourth-order valence-electron chi connectivity index (χ4n) is 3.17. The Morgan fingerprint density at radius 3 is 1.80 bits per heavy atom. The lowest BCUT2D eigenvalue weighted by Crippen LogP contribution is -2.23. The number of fused-ring (bicyclic) bond motifs is 1. The van der Waals surface area contributed by atoms with E-state index >= 15 is 0 Å². The molecule has 0 radical (unpaired) electrons. The molecular formula is C23H20N2. The minimum atomic E-state index is 0.830. The predicted molar refractivity (Wildman–Crippen MR) is 105 cm³/mol. The highest BCUT2D eigenvalue weighted by Gasteiger charge is 2.13. The lowest BCUT2D eigenvalue weighted by atomic mass is 10.1. The van der Waals surface area contributed by atoms with Crippen molar-refractivity contribution < 1.29 is 0 Å². The molecule has 2 heteroatoms. The van der Waals surface area contributed by atoms with Crippen LogP contribution in [0.1, 0.15) is 11.1 Å². The second-order valence-corrected chi connectivity index (χ2v) is 6.18. The van der Waals surface area contributed by atoms with Crippen LogP contribution in [-0.2, 0) is 13.1 Å². The maximum absolute atomic E-state index is 4.73. The number of benzene rings is 3. The van der Waals surface area contributed by atoms with Gasteiger partial charge in [-0.1, -0.05) is 84.9 Å². The van der Waals surface area contributed by atoms with Gasteiger partial charge in [0.2, 0.25) is 0 Å². The van der Waals surface area contributed by atoms with Crippen LogP contribution in [0.15, 0.2) is 97.2 Å². The molecule has 122 valence electrons. The highest BCUT2D eigenvalue weighted by molar-refractivity contribution is 5.92. The van der Waals surface area contributed by atoms with Gasteiger partial charge in [-0.25, -0.2) is 4.98 Å². The van der Waals surface area contributed by atoms with Crippen LogP contribution >= 0.6 is 0 Å². The van der Waals surface area contributed by atoms with Crippen LogP contribution in [0.4, 0.5) is 5.82 Å². The van der Waals surface area contributed by atoms with Gasteiger partial charge in [0.1, 0.15) is 5.82 Å². The average Bonchev–Trinajstić information content (AvgIpc) is 2.69. The highest BCUT2D eigenvalue weighted by Crippen LogP contribution is 2.27. The van der Waals surface area contributed by atoms with Crippen LogP contribution < -0.4 is 4.90 Å². The third-order valence-corrected chi connectivity index (χ3v) is 4.38. The first-order chi connectivity index (χ1) is 12.4. The normalized spacial score (nSPS) is 10.7. The predicted octanol–water partition coefficient (Wildman–Crippen LogP) is 5.44. The fraction of sp³-hybridized carbons (Fsp3) is 0.0870. The van der Waals surface area contributed by atoms with Crippen molar-refractivity contribution in [2.24, 2.45) is 0 Å². The summed E-state index contributed by atoms with van der Waals surface area (Å²) >= 11 is 0. The smallest absolute Gasteiger partial charge is 0.137 e. The number of anilines is 1. The second kappa shape index (κ2) is 7.18. The van der Waals surface area contributed by atoms with Gasteiger partial charge in [0.15, 0.2) is 0 Å². The van der Waals surface area contributed by atoms with Gasteiger partial charge in [-0.2, -0.15) is 0 Å². The van der Waals surface area contributed by atoms with Gasteiger partial charge < -0.3 is 4.90 Å². The van der Waals surface area contributed by atoms with Crippen LogP contribution in [0.2, 0.25) is 0 Å². The zero-order valence-electron chi connectivity index (χ0n) is 14.0. The Kier molecular flexibility index (Phi) is 4.42. The maximum Gasteiger partial charge on any atom is 0.137 e. The third-order valence-electron chi connectivity index (χ3n) is 4.38. The molecule has 4 rings (SSSR count). The quantitative estimate of drug-likeness (QED) is 0.486. The van der Waals surface area contributed by atoms with E-state index in [2.05, 4.69) is 95.9 Å². The van der Waals surface area contributed by atoms with Crippen molar-refractivity contribution in [1.29, 1.82) is 0 Å². The SMILES string of the molecule is c1ccc(CN(Cc2ccccc2)c2nccc3ccccc23)cc1. The molecule has 0 amide bonds. The van der Waals surface area contributed by atoms with E-state index in [0.717, 1.165) is 18.9 Å². The molecule has 0 bridgehead atoms. The first kappa shape index (κ1) is 15.4. The Hall–Kier alpha value is -3.13. The van der Waals surface area contributed by atoms with E-state index in [0.29, 0.717) is 0 Å².